The Labute approximate surface area is 78.7 Å². The summed E-state index contributed by atoms with van der Waals surface area (Å²) in [6, 6.07) is 0. The molecular weight excluding hydrogens is 164 g/mol. The maximum absolute atomic E-state index is 5.41. The van der Waals surface area contributed by atoms with Crippen LogP contribution in [0, 0.1) is 0 Å². The third-order valence-corrected chi connectivity index (χ3v) is 2.33. The average Bonchev–Trinajstić information content (AvgIpc) is 2.45. The van der Waals surface area contributed by atoms with Gasteiger partial charge in [0.15, 0.2) is 0 Å². The quantitative estimate of drug-likeness (QED) is 0.607. The molecule has 0 aromatic carbocycles. The van der Waals surface area contributed by atoms with Crippen LogP contribution >= 0.6 is 0 Å². The summed E-state index contributed by atoms with van der Waals surface area (Å²) in [6.45, 7) is 8.03. The van der Waals surface area contributed by atoms with Gasteiger partial charge in [-0.25, -0.2) is 4.98 Å². The highest BCUT2D eigenvalue weighted by Crippen LogP contribution is 2.23. The van der Waals surface area contributed by atoms with Crippen molar-refractivity contribution in [3.05, 3.63) is 17.7 Å². The van der Waals surface area contributed by atoms with Crippen molar-refractivity contribution in [2.24, 2.45) is 0 Å². The van der Waals surface area contributed by atoms with E-state index in [2.05, 4.69) is 30.3 Å². The van der Waals surface area contributed by atoms with Crippen molar-refractivity contribution < 1.29 is 4.74 Å². The fraction of sp³-hybridized carbons (Fsp3) is 0.700. The first-order valence-corrected chi connectivity index (χ1v) is 4.71. The SMILES string of the molecule is CC(C)(C)c1ncc2n1COCC2. The first kappa shape index (κ1) is 8.75. The Kier molecular flexibility index (Phi) is 1.91. The van der Waals surface area contributed by atoms with Gasteiger partial charge in [-0.3, -0.25) is 0 Å². The van der Waals surface area contributed by atoms with Crippen molar-refractivity contribution in [2.75, 3.05) is 6.61 Å². The van der Waals surface area contributed by atoms with Crippen molar-refractivity contribution in [1.82, 2.24) is 9.55 Å². The van der Waals surface area contributed by atoms with Crippen molar-refractivity contribution in [3.63, 3.8) is 0 Å². The molecule has 0 amide bonds. The molecule has 2 heterocycles. The number of hydrogen-bond acceptors (Lipinski definition) is 2. The molecule has 72 valence electrons. The smallest absolute Gasteiger partial charge is 0.124 e. The molecular formula is C10H16N2O. The van der Waals surface area contributed by atoms with Crippen LogP contribution < -0.4 is 0 Å². The molecule has 2 rings (SSSR count). The molecule has 0 aliphatic carbocycles. The van der Waals surface area contributed by atoms with E-state index in [0.29, 0.717) is 6.73 Å². The molecule has 0 spiro atoms. The van der Waals surface area contributed by atoms with Gasteiger partial charge in [0.25, 0.3) is 0 Å². The minimum Gasteiger partial charge on any atom is -0.360 e. The number of fused-ring (bicyclic) bond motifs is 1. The summed E-state index contributed by atoms with van der Waals surface area (Å²) in [5.74, 6) is 1.13. The Balaban J connectivity index is 2.43. The molecule has 0 N–H and O–H groups in total. The number of imidazole rings is 1. The molecule has 0 radical (unpaired) electrons. The van der Waals surface area contributed by atoms with Crippen LogP contribution in [-0.4, -0.2) is 16.2 Å². The molecule has 1 aliphatic heterocycles. The first-order valence-electron chi connectivity index (χ1n) is 4.71. The van der Waals surface area contributed by atoms with Crippen LogP contribution in [0.15, 0.2) is 6.20 Å². The summed E-state index contributed by atoms with van der Waals surface area (Å²) in [7, 11) is 0. The molecule has 1 aliphatic rings. The van der Waals surface area contributed by atoms with E-state index in [0.717, 1.165) is 18.9 Å². The molecule has 3 nitrogen and oxygen atoms in total. The van der Waals surface area contributed by atoms with Gasteiger partial charge in [-0.2, -0.15) is 0 Å². The fourth-order valence-electron chi connectivity index (χ4n) is 1.69. The number of hydrogen-bond donors (Lipinski definition) is 0. The Morgan fingerprint density at radius 1 is 1.46 bits per heavy atom. The van der Waals surface area contributed by atoms with Gasteiger partial charge >= 0.3 is 0 Å². The average molecular weight is 180 g/mol. The second-order valence-corrected chi connectivity index (χ2v) is 4.54. The van der Waals surface area contributed by atoms with Crippen LogP contribution in [0.3, 0.4) is 0 Å². The minimum atomic E-state index is 0.110. The van der Waals surface area contributed by atoms with Gasteiger partial charge in [0.05, 0.1) is 6.61 Å². The van der Waals surface area contributed by atoms with Gasteiger partial charge in [-0.15, -0.1) is 0 Å². The van der Waals surface area contributed by atoms with Gasteiger partial charge in [-0.1, -0.05) is 20.8 Å². The number of rotatable bonds is 0. The molecule has 0 fully saturated rings. The van der Waals surface area contributed by atoms with E-state index in [1.807, 2.05) is 6.20 Å². The van der Waals surface area contributed by atoms with Gasteiger partial charge in [0.2, 0.25) is 0 Å². The zero-order chi connectivity index (χ0) is 9.47. The molecule has 0 saturated carbocycles. The second kappa shape index (κ2) is 2.84. The van der Waals surface area contributed by atoms with Crippen molar-refractivity contribution in [2.45, 2.75) is 39.3 Å². The molecule has 1 aromatic rings. The maximum atomic E-state index is 5.41. The summed E-state index contributed by atoms with van der Waals surface area (Å²) >= 11 is 0. The highest BCUT2D eigenvalue weighted by molar-refractivity contribution is 5.13. The monoisotopic (exact) mass is 180 g/mol. The van der Waals surface area contributed by atoms with Crippen molar-refractivity contribution >= 4 is 0 Å². The molecule has 1 aromatic heterocycles. The van der Waals surface area contributed by atoms with E-state index in [-0.39, 0.29) is 5.41 Å². The molecule has 0 saturated heterocycles. The third kappa shape index (κ3) is 1.48. The highest BCUT2D eigenvalue weighted by atomic mass is 16.5. The third-order valence-electron chi connectivity index (χ3n) is 2.33. The van der Waals surface area contributed by atoms with E-state index in [9.17, 15) is 0 Å². The lowest BCUT2D eigenvalue weighted by atomic mass is 9.96. The maximum Gasteiger partial charge on any atom is 0.124 e. The molecule has 13 heavy (non-hydrogen) atoms. The standard InChI is InChI=1S/C10H16N2O/c1-10(2,3)9-11-6-8-4-5-13-7-12(8)9/h6H,4-5,7H2,1-3H3. The normalized spacial score (nSPS) is 17.2. The predicted octanol–water partition coefficient (Wildman–Crippen LogP) is 1.71. The topological polar surface area (TPSA) is 27.1 Å². The largest absolute Gasteiger partial charge is 0.360 e. The van der Waals surface area contributed by atoms with E-state index in [1.165, 1.54) is 5.69 Å². The highest BCUT2D eigenvalue weighted by Gasteiger charge is 2.23. The Hall–Kier alpha value is -0.830. The number of nitrogens with zero attached hydrogens (tertiary/aromatic N) is 2. The lowest BCUT2D eigenvalue weighted by Crippen LogP contribution is -2.24. The summed E-state index contributed by atoms with van der Waals surface area (Å²) in [4.78, 5) is 4.45. The molecule has 3 heteroatoms. The Morgan fingerprint density at radius 3 is 2.92 bits per heavy atom. The number of ether oxygens (including phenoxy) is 1. The minimum absolute atomic E-state index is 0.110. The van der Waals surface area contributed by atoms with Crippen LogP contribution in [-0.2, 0) is 23.3 Å². The van der Waals surface area contributed by atoms with Crippen LogP contribution in [0.1, 0.15) is 32.3 Å². The van der Waals surface area contributed by atoms with Gasteiger partial charge in [0, 0.05) is 23.7 Å². The van der Waals surface area contributed by atoms with E-state index in [4.69, 9.17) is 4.74 Å². The zero-order valence-electron chi connectivity index (χ0n) is 8.50. The Bertz CT molecular complexity index is 309. The summed E-state index contributed by atoms with van der Waals surface area (Å²) in [5, 5.41) is 0. The van der Waals surface area contributed by atoms with E-state index >= 15 is 0 Å². The van der Waals surface area contributed by atoms with Crippen LogP contribution in [0.5, 0.6) is 0 Å². The van der Waals surface area contributed by atoms with Gasteiger partial charge in [-0.05, 0) is 0 Å². The predicted molar refractivity (Wildman–Crippen MR) is 50.6 cm³/mol. The number of aromatic nitrogens is 2. The summed E-state index contributed by atoms with van der Waals surface area (Å²) in [5.41, 5.74) is 1.41. The van der Waals surface area contributed by atoms with Gasteiger partial charge < -0.3 is 9.30 Å². The van der Waals surface area contributed by atoms with Crippen molar-refractivity contribution in [3.8, 4) is 0 Å². The van der Waals surface area contributed by atoms with E-state index in [1.54, 1.807) is 0 Å². The van der Waals surface area contributed by atoms with Gasteiger partial charge in [0.1, 0.15) is 12.6 Å². The molecule has 0 bridgehead atoms. The van der Waals surface area contributed by atoms with Crippen LogP contribution in [0.2, 0.25) is 0 Å². The summed E-state index contributed by atoms with van der Waals surface area (Å²) < 4.78 is 7.60. The lowest BCUT2D eigenvalue weighted by molar-refractivity contribution is 0.0532. The second-order valence-electron chi connectivity index (χ2n) is 4.54. The Morgan fingerprint density at radius 2 is 2.23 bits per heavy atom. The molecule has 0 unspecified atom stereocenters. The van der Waals surface area contributed by atoms with E-state index < -0.39 is 0 Å². The van der Waals surface area contributed by atoms with Crippen molar-refractivity contribution in [1.29, 1.82) is 0 Å². The summed E-state index contributed by atoms with van der Waals surface area (Å²) in [6.07, 6.45) is 2.96. The lowest BCUT2D eigenvalue weighted by Gasteiger charge is -2.23. The first-order chi connectivity index (χ1) is 6.09. The van der Waals surface area contributed by atoms with Crippen LogP contribution in [0.25, 0.3) is 0 Å². The molecule has 0 atom stereocenters. The zero-order valence-corrected chi connectivity index (χ0v) is 8.50. The fourth-order valence-corrected chi connectivity index (χ4v) is 1.69. The van der Waals surface area contributed by atoms with Crippen LogP contribution in [0.4, 0.5) is 0 Å².